The number of nitrogen functional groups attached to an aromatic ring is 2. The highest BCUT2D eigenvalue weighted by Crippen LogP contribution is 2.47. The Bertz CT molecular complexity index is 1160. The molecule has 0 spiro atoms. The molecule has 17 nitrogen and oxygen atoms in total. The van der Waals surface area contributed by atoms with E-state index in [-0.39, 0.29) is 95.5 Å². The summed E-state index contributed by atoms with van der Waals surface area (Å²) in [5.74, 6) is 0. The van der Waals surface area contributed by atoms with Gasteiger partial charge in [-0.1, -0.05) is 0 Å². The lowest BCUT2D eigenvalue weighted by Gasteiger charge is -2.22. The molecule has 19 heteroatoms. The molecular formula is C24H36N6O11S2. The van der Waals surface area contributed by atoms with Gasteiger partial charge in [-0.2, -0.15) is 0 Å². The first-order valence-corrected chi connectivity index (χ1v) is 14.5. The van der Waals surface area contributed by atoms with Crippen molar-refractivity contribution in [3.63, 3.8) is 0 Å². The molecule has 0 heterocycles. The van der Waals surface area contributed by atoms with Gasteiger partial charge in [0.05, 0.1) is 58.1 Å². The van der Waals surface area contributed by atoms with Gasteiger partial charge in [0.15, 0.2) is 0 Å². The Hall–Kier alpha value is -3.14. The summed E-state index contributed by atoms with van der Waals surface area (Å²) >= 11 is 1.44. The van der Waals surface area contributed by atoms with Gasteiger partial charge in [0.2, 0.25) is 0 Å². The molecule has 0 aliphatic heterocycles. The number of benzene rings is 2. The van der Waals surface area contributed by atoms with Crippen LogP contribution >= 0.6 is 24.1 Å². The fourth-order valence-corrected chi connectivity index (χ4v) is 5.96. The average molecular weight is 649 g/mol. The number of aliphatic hydroxyl groups excluding tert-OH is 6. The Labute approximate surface area is 254 Å². The van der Waals surface area contributed by atoms with Crippen LogP contribution in [0.15, 0.2) is 12.1 Å². The number of anilines is 4. The number of nitrogens with two attached hydrogens (primary N) is 2. The fourth-order valence-electron chi connectivity index (χ4n) is 4.30. The van der Waals surface area contributed by atoms with E-state index in [1.807, 2.05) is 0 Å². The molecule has 43 heavy (non-hydrogen) atoms. The molecule has 2 rings (SSSR count). The van der Waals surface area contributed by atoms with Crippen LogP contribution < -0.4 is 22.1 Å². The molecule has 0 bridgehead atoms. The van der Waals surface area contributed by atoms with Gasteiger partial charge >= 0.3 is 0 Å². The lowest BCUT2D eigenvalue weighted by Crippen LogP contribution is -2.15. The minimum absolute atomic E-state index is 0.0569. The Morgan fingerprint density at radius 3 is 1.37 bits per heavy atom. The summed E-state index contributed by atoms with van der Waals surface area (Å²) in [5.41, 5.74) is 12.2. The van der Waals surface area contributed by atoms with Crippen molar-refractivity contribution in [2.45, 2.75) is 23.3 Å². The third-order valence-corrected chi connectivity index (χ3v) is 8.09. The van der Waals surface area contributed by atoms with Crippen molar-refractivity contribution in [3.05, 3.63) is 54.6 Å². The third kappa shape index (κ3) is 8.94. The second kappa shape index (κ2) is 17.9. The topological polar surface area (TPSA) is 293 Å². The molecule has 0 amide bonds. The largest absolute Gasteiger partial charge is 0.397 e. The summed E-state index contributed by atoms with van der Waals surface area (Å²) in [4.78, 5) is 22.3. The molecule has 2 atom stereocenters. The fraction of sp³-hybridized carbons (Fsp3) is 0.500. The van der Waals surface area contributed by atoms with Crippen LogP contribution in [0.1, 0.15) is 32.8 Å². The molecule has 0 fully saturated rings. The number of aliphatic hydroxyl groups is 6. The highest BCUT2D eigenvalue weighted by Gasteiger charge is 2.31. The normalized spacial score (nSPS) is 12.6. The van der Waals surface area contributed by atoms with Crippen molar-refractivity contribution in [3.8, 4) is 0 Å². The van der Waals surface area contributed by atoms with Gasteiger partial charge in [0.1, 0.15) is 11.4 Å². The van der Waals surface area contributed by atoms with Gasteiger partial charge in [-0.3, -0.25) is 20.2 Å². The van der Waals surface area contributed by atoms with E-state index in [4.69, 9.17) is 15.1 Å². The van der Waals surface area contributed by atoms with Crippen molar-refractivity contribution in [1.29, 1.82) is 0 Å². The number of nitro groups is 2. The van der Waals surface area contributed by atoms with Crippen molar-refractivity contribution >= 4 is 58.2 Å². The van der Waals surface area contributed by atoms with Gasteiger partial charge in [-0.15, -0.1) is 0 Å². The van der Waals surface area contributed by atoms with E-state index in [0.717, 1.165) is 24.1 Å². The first-order valence-electron chi connectivity index (χ1n) is 12.9. The maximum atomic E-state index is 11.8. The lowest BCUT2D eigenvalue weighted by molar-refractivity contribution is -0.384. The molecule has 0 aliphatic rings. The number of nitrogens with zero attached hydrogens (tertiary/aromatic N) is 2. The molecule has 2 unspecified atom stereocenters. The molecule has 2 aromatic rings. The van der Waals surface area contributed by atoms with Crippen LogP contribution in [-0.2, 0) is 16.5 Å². The monoisotopic (exact) mass is 648 g/mol. The Kier molecular flexibility index (Phi) is 15.0. The summed E-state index contributed by atoms with van der Waals surface area (Å²) in [7, 11) is 0. The second-order valence-corrected chi connectivity index (χ2v) is 11.0. The SMILES string of the molecule is Nc1c(C(CO)SOSC(CO)c2cc(CCO)c([N+](=O)[O-])c(NCCO)c2N)cc(CCO)c([N+](=O)[O-])c1NCCO. The number of nitrogens with one attached hydrogen (secondary N) is 2. The van der Waals surface area contributed by atoms with Crippen LogP contribution in [0.5, 0.6) is 0 Å². The van der Waals surface area contributed by atoms with Crippen LogP contribution in [0.3, 0.4) is 0 Å². The van der Waals surface area contributed by atoms with E-state index >= 15 is 0 Å². The molecule has 12 N–H and O–H groups in total. The second-order valence-electron chi connectivity index (χ2n) is 8.89. The summed E-state index contributed by atoms with van der Waals surface area (Å²) in [6.45, 7) is -2.70. The van der Waals surface area contributed by atoms with Gasteiger partial charge in [-0.25, -0.2) is 3.63 Å². The Morgan fingerprint density at radius 1 is 0.721 bits per heavy atom. The number of hydrogen-bond donors (Lipinski definition) is 10. The first kappa shape index (κ1) is 36.1. The van der Waals surface area contributed by atoms with Crippen LogP contribution in [-0.4, -0.2) is 93.2 Å². The predicted octanol–water partition coefficient (Wildman–Crippen LogP) is 0.625. The van der Waals surface area contributed by atoms with Crippen LogP contribution in [0.25, 0.3) is 0 Å². The molecule has 0 aromatic heterocycles. The zero-order valence-electron chi connectivity index (χ0n) is 23.0. The van der Waals surface area contributed by atoms with E-state index in [1.165, 1.54) is 12.1 Å². The number of nitro benzene ring substituents is 2. The summed E-state index contributed by atoms with van der Waals surface area (Å²) in [6, 6.07) is 2.77. The third-order valence-electron chi connectivity index (χ3n) is 6.19. The summed E-state index contributed by atoms with van der Waals surface area (Å²) in [6.07, 6.45) is -0.185. The minimum Gasteiger partial charge on any atom is -0.397 e. The molecular weight excluding hydrogens is 612 g/mol. The maximum absolute atomic E-state index is 11.8. The van der Waals surface area contributed by atoms with Crippen LogP contribution in [0, 0.1) is 20.2 Å². The zero-order valence-corrected chi connectivity index (χ0v) is 24.6. The van der Waals surface area contributed by atoms with E-state index < -0.39 is 46.8 Å². The molecule has 0 radical (unpaired) electrons. The molecule has 240 valence electrons. The van der Waals surface area contributed by atoms with E-state index in [9.17, 15) is 50.9 Å². The smallest absolute Gasteiger partial charge is 0.297 e. The quantitative estimate of drug-likeness (QED) is 0.0407. The van der Waals surface area contributed by atoms with Gasteiger partial charge in [-0.05, 0) is 23.3 Å². The number of rotatable bonds is 20. The Balaban J connectivity index is 2.44. The van der Waals surface area contributed by atoms with E-state index in [0.29, 0.717) is 0 Å². The standard InChI is InChI=1S/C24H36N6O11S2/c25-19-15(9-13(1-5-31)23(29(37)38)21(19)27-3-7-33)17(11-35)42-41-43-18(12-36)16-10-14(2-6-32)24(30(39)40)22(20(16)26)28-4-8-34/h9-10,17-18,27-28,31-36H,1-8,11-12,25-26H2. The van der Waals surface area contributed by atoms with Gasteiger partial charge < -0.3 is 52.7 Å². The molecule has 0 aliphatic carbocycles. The van der Waals surface area contributed by atoms with E-state index in [2.05, 4.69) is 10.6 Å². The molecule has 0 saturated carbocycles. The number of hydrogen-bond acceptors (Lipinski definition) is 17. The zero-order chi connectivity index (χ0) is 32.1. The highest BCUT2D eigenvalue weighted by molar-refractivity contribution is 8.08. The van der Waals surface area contributed by atoms with Crippen molar-refractivity contribution in [1.82, 2.24) is 0 Å². The van der Waals surface area contributed by atoms with Crippen LogP contribution in [0.2, 0.25) is 0 Å². The average Bonchev–Trinajstić information content (AvgIpc) is 2.97. The van der Waals surface area contributed by atoms with Crippen LogP contribution in [0.4, 0.5) is 34.1 Å². The van der Waals surface area contributed by atoms with Gasteiger partial charge in [0.25, 0.3) is 11.4 Å². The van der Waals surface area contributed by atoms with Crippen molar-refractivity contribution < 1.29 is 44.1 Å². The molecule has 2 aromatic carbocycles. The predicted molar refractivity (Wildman–Crippen MR) is 164 cm³/mol. The maximum Gasteiger partial charge on any atom is 0.297 e. The van der Waals surface area contributed by atoms with Crippen molar-refractivity contribution in [2.75, 3.05) is 74.8 Å². The summed E-state index contributed by atoms with van der Waals surface area (Å²) < 4.78 is 5.67. The minimum atomic E-state index is -0.902. The lowest BCUT2D eigenvalue weighted by atomic mass is 9.99. The van der Waals surface area contributed by atoms with Gasteiger partial charge in [0, 0.05) is 74.4 Å². The highest BCUT2D eigenvalue weighted by atomic mass is 32.2. The summed E-state index contributed by atoms with van der Waals surface area (Å²) in [5, 5.41) is 85.0. The Morgan fingerprint density at radius 2 is 1.09 bits per heavy atom. The van der Waals surface area contributed by atoms with E-state index in [1.54, 1.807) is 0 Å². The first-order chi connectivity index (χ1) is 20.6. The van der Waals surface area contributed by atoms with Crippen molar-refractivity contribution in [2.24, 2.45) is 0 Å². The molecule has 0 saturated heterocycles.